The SMILES string of the molecule is CN1CCN(CC(=O)O)CCN(CC(=O)O)CCN(CC(=O)O)C(Cc2ccc(Cc3nc(CCCCCCCCC(=O)NCCCC[C@H](NC(=O)N[C@@H](CCC(=O)O)C(=O)O)C(=O)O)nc(NCCCCCCCC(=O)NCCCC[C@H](NC(=O)N[C@@H](CCC(=O)O)C(=O)O)C(=O)O)n3)cc2)C1. The third kappa shape index (κ3) is 41.3. The molecule has 0 spiro atoms. The van der Waals surface area contributed by atoms with Gasteiger partial charge in [0.05, 0.1) is 19.6 Å². The largest absolute Gasteiger partial charge is 0.481 e. The Hall–Kier alpha value is -9.42. The van der Waals surface area contributed by atoms with Crippen LogP contribution in [-0.4, -0.2) is 280 Å². The molecule has 3 rings (SSSR count). The predicted molar refractivity (Wildman–Crippen MR) is 370 cm³/mol. The van der Waals surface area contributed by atoms with Gasteiger partial charge in [-0.05, 0) is 102 Å². The predicted octanol–water partition coefficient (Wildman–Crippen LogP) is 2.22. The van der Waals surface area contributed by atoms with Gasteiger partial charge in [0.1, 0.15) is 35.8 Å². The van der Waals surface area contributed by atoms with Gasteiger partial charge in [-0.2, -0.15) is 9.97 Å². The first kappa shape index (κ1) is 87.8. The molecule has 0 saturated carbocycles. The van der Waals surface area contributed by atoms with Crippen LogP contribution in [0.3, 0.4) is 0 Å². The molecule has 1 aromatic carbocycles. The lowest BCUT2D eigenvalue weighted by molar-refractivity contribution is -0.142. The van der Waals surface area contributed by atoms with Crippen LogP contribution in [-0.2, 0) is 72.0 Å². The minimum atomic E-state index is -1.53. The number of carbonyl (C=O) groups excluding carboxylic acids is 4. The molecule has 576 valence electrons. The maximum Gasteiger partial charge on any atom is 0.326 e. The second-order valence-electron chi connectivity index (χ2n) is 25.7. The number of nitrogens with zero attached hydrogens (tertiary/aromatic N) is 7. The van der Waals surface area contributed by atoms with Crippen LogP contribution >= 0.6 is 0 Å². The summed E-state index contributed by atoms with van der Waals surface area (Å²) in [6.45, 7) is 2.86. The van der Waals surface area contributed by atoms with Gasteiger partial charge in [0.25, 0.3) is 0 Å². The lowest BCUT2D eigenvalue weighted by Gasteiger charge is -2.37. The number of aliphatic carboxylic acids is 9. The van der Waals surface area contributed by atoms with Crippen molar-refractivity contribution in [3.63, 3.8) is 0 Å². The minimum absolute atomic E-state index is 0.000384. The Labute approximate surface area is 597 Å². The van der Waals surface area contributed by atoms with Gasteiger partial charge in [-0.15, -0.1) is 0 Å². The van der Waals surface area contributed by atoms with Crippen LogP contribution < -0.4 is 37.2 Å². The molecular weight excluding hydrogens is 1350 g/mol. The molecule has 1 aliphatic heterocycles. The third-order valence-electron chi connectivity index (χ3n) is 17.0. The Morgan fingerprint density at radius 1 is 0.417 bits per heavy atom. The van der Waals surface area contributed by atoms with E-state index in [0.29, 0.717) is 121 Å². The molecule has 5 atom stereocenters. The quantitative estimate of drug-likeness (QED) is 0.0422. The number of rotatable bonds is 52. The molecular formula is C67H106N14O22. The average Bonchev–Trinajstić information content (AvgIpc) is 0.847. The number of carboxylic acids is 9. The number of aryl methyl sites for hydroxylation is 1. The first-order valence-corrected chi connectivity index (χ1v) is 35.2. The van der Waals surface area contributed by atoms with Crippen molar-refractivity contribution >= 4 is 83.5 Å². The standard InChI is InChI=1S/C67H106N14O22/c1-78-33-34-79(42-58(88)89)35-36-80(43-59(90)91)37-38-81(44-60(92)93)47(41-78)39-45-22-24-46(25-23-45)40-53-75-52(19-9-5-2-3-6-10-20-54(82)68-30-15-12-17-48(61(94)95)71-66(102)73-50(63(98)99)26-28-56(84)85)76-65(77-53)70-32-14-8-4-7-11-21-55(83)69-31-16-13-18-49(62(96)97)72-67(103)74-51(64(100)101)27-29-57(86)87/h22-25,47-51H,2-21,26-44H2,1H3,(H,68,82)(H,69,83)(H,84,85)(H,86,87)(H,88,89)(H,90,91)(H,92,93)(H,94,95)(H,96,97)(H,98,99)(H,100,101)(H2,71,73,102)(H2,72,74,103)(H,70,75,76,77)/t47?,48-,49-,50-,51-/m0/s1. The van der Waals surface area contributed by atoms with Crippen LogP contribution in [0.4, 0.5) is 15.5 Å². The Kier molecular flexibility index (Phi) is 42.6. The number of urea groups is 2. The lowest BCUT2D eigenvalue weighted by atomic mass is 10.0. The molecule has 1 aliphatic rings. The summed E-state index contributed by atoms with van der Waals surface area (Å²) in [4.78, 5) is 175. The number of carbonyl (C=O) groups is 13. The minimum Gasteiger partial charge on any atom is -0.481 e. The summed E-state index contributed by atoms with van der Waals surface area (Å²) in [5.74, 6) is -9.93. The van der Waals surface area contributed by atoms with Crippen LogP contribution in [0.5, 0.6) is 0 Å². The molecule has 16 N–H and O–H groups in total. The summed E-state index contributed by atoms with van der Waals surface area (Å²) >= 11 is 0. The van der Waals surface area contributed by atoms with E-state index in [1.54, 1.807) is 9.80 Å². The van der Waals surface area contributed by atoms with Gasteiger partial charge in [0.2, 0.25) is 17.8 Å². The molecule has 6 amide bonds. The molecule has 0 aliphatic carbocycles. The van der Waals surface area contributed by atoms with Crippen molar-refractivity contribution < 1.29 is 108 Å². The molecule has 1 saturated heterocycles. The summed E-state index contributed by atoms with van der Waals surface area (Å²) in [6.07, 6.45) is 10.5. The summed E-state index contributed by atoms with van der Waals surface area (Å²) in [6, 6.07) is -0.241. The van der Waals surface area contributed by atoms with Crippen molar-refractivity contribution in [2.24, 2.45) is 0 Å². The van der Waals surface area contributed by atoms with Crippen LogP contribution in [0.25, 0.3) is 0 Å². The maximum absolute atomic E-state index is 12.6. The number of likely N-dealkylation sites (N-methyl/N-ethyl adjacent to an activating group) is 1. The third-order valence-corrected chi connectivity index (χ3v) is 17.0. The molecule has 2 aromatic rings. The second kappa shape index (κ2) is 50.0. The summed E-state index contributed by atoms with van der Waals surface area (Å²) in [5.41, 5.74) is 1.85. The normalized spacial score (nSPS) is 15.3. The fourth-order valence-corrected chi connectivity index (χ4v) is 11.4. The zero-order valence-electron chi connectivity index (χ0n) is 58.7. The van der Waals surface area contributed by atoms with Crippen molar-refractivity contribution in [1.82, 2.24) is 66.5 Å². The highest BCUT2D eigenvalue weighted by Gasteiger charge is 2.29. The molecule has 0 radical (unpaired) electrons. The van der Waals surface area contributed by atoms with E-state index in [1.165, 1.54) is 0 Å². The highest BCUT2D eigenvalue weighted by molar-refractivity contribution is 5.87. The van der Waals surface area contributed by atoms with Crippen molar-refractivity contribution in [1.29, 1.82) is 0 Å². The highest BCUT2D eigenvalue weighted by atomic mass is 16.4. The summed E-state index contributed by atoms with van der Waals surface area (Å²) in [5, 5.41) is 102. The van der Waals surface area contributed by atoms with Gasteiger partial charge in [-0.3, -0.25) is 48.3 Å². The zero-order valence-corrected chi connectivity index (χ0v) is 58.7. The summed E-state index contributed by atoms with van der Waals surface area (Å²) in [7, 11) is 1.91. The molecule has 0 bridgehead atoms. The Morgan fingerprint density at radius 3 is 1.27 bits per heavy atom. The van der Waals surface area contributed by atoms with Crippen molar-refractivity contribution in [3.05, 3.63) is 47.0 Å². The van der Waals surface area contributed by atoms with Gasteiger partial charge < -0.3 is 88.1 Å². The molecule has 1 aromatic heterocycles. The number of carboxylic acid groups (broad SMARTS) is 9. The fraction of sp³-hybridized carbons (Fsp3) is 0.672. The Bertz CT molecular complexity index is 2910. The number of aromatic nitrogens is 3. The van der Waals surface area contributed by atoms with E-state index in [2.05, 4.69) is 42.1 Å². The molecule has 36 heteroatoms. The van der Waals surface area contributed by atoms with E-state index < -0.39 is 116 Å². The number of unbranched alkanes of at least 4 members (excludes halogenated alkanes) is 11. The van der Waals surface area contributed by atoms with Crippen molar-refractivity contribution in [2.45, 2.75) is 197 Å². The Morgan fingerprint density at radius 2 is 0.816 bits per heavy atom. The second-order valence-corrected chi connectivity index (χ2v) is 25.7. The van der Waals surface area contributed by atoms with E-state index in [0.717, 1.165) is 68.9 Å². The molecule has 1 unspecified atom stereocenters. The van der Waals surface area contributed by atoms with Crippen molar-refractivity contribution in [3.8, 4) is 0 Å². The van der Waals surface area contributed by atoms with Crippen molar-refractivity contribution in [2.75, 3.05) is 97.4 Å². The number of amides is 6. The number of anilines is 1. The number of hydrogen-bond donors (Lipinski definition) is 16. The number of hydrogen-bond acceptors (Lipinski definition) is 21. The van der Waals surface area contributed by atoms with Crippen LogP contribution in [0.2, 0.25) is 0 Å². The van der Waals surface area contributed by atoms with Gasteiger partial charge in [0, 0.05) is 110 Å². The topological polar surface area (TPSA) is 540 Å². The molecule has 103 heavy (non-hydrogen) atoms. The van der Waals surface area contributed by atoms with E-state index in [-0.39, 0.29) is 83.1 Å². The van der Waals surface area contributed by atoms with Crippen LogP contribution in [0.1, 0.15) is 170 Å². The number of benzene rings is 1. The average molecular weight is 1460 g/mol. The van der Waals surface area contributed by atoms with E-state index in [1.807, 2.05) is 36.2 Å². The fourth-order valence-electron chi connectivity index (χ4n) is 11.4. The van der Waals surface area contributed by atoms with E-state index in [9.17, 15) is 98.1 Å². The number of nitrogens with one attached hydrogen (secondary N) is 7. The highest BCUT2D eigenvalue weighted by Crippen LogP contribution is 2.18. The molecule has 1 fully saturated rings. The van der Waals surface area contributed by atoms with Gasteiger partial charge >= 0.3 is 65.8 Å². The first-order chi connectivity index (χ1) is 49.0. The van der Waals surface area contributed by atoms with Gasteiger partial charge in [0.15, 0.2) is 0 Å². The zero-order chi connectivity index (χ0) is 76.1. The van der Waals surface area contributed by atoms with Gasteiger partial charge in [-0.25, -0.2) is 33.8 Å². The van der Waals surface area contributed by atoms with E-state index in [4.69, 9.17) is 25.2 Å². The van der Waals surface area contributed by atoms with Crippen LogP contribution in [0.15, 0.2) is 24.3 Å². The molecule has 2 heterocycles. The summed E-state index contributed by atoms with van der Waals surface area (Å²) < 4.78 is 0. The molecule has 36 nitrogen and oxygen atoms in total. The monoisotopic (exact) mass is 1460 g/mol. The smallest absolute Gasteiger partial charge is 0.326 e. The first-order valence-electron chi connectivity index (χ1n) is 35.2. The Balaban J connectivity index is 1.57. The lowest BCUT2D eigenvalue weighted by Crippen LogP contribution is -2.52. The van der Waals surface area contributed by atoms with E-state index >= 15 is 0 Å². The van der Waals surface area contributed by atoms with Gasteiger partial charge in [-0.1, -0.05) is 69.2 Å². The maximum atomic E-state index is 12.6. The van der Waals surface area contributed by atoms with Crippen LogP contribution in [0, 0.1) is 0 Å².